The van der Waals surface area contributed by atoms with E-state index in [4.69, 9.17) is 10.8 Å². The number of carbonyl (C=O) groups excluding carboxylic acids is 2. The molecule has 6 N–H and O–H groups in total. The van der Waals surface area contributed by atoms with Crippen molar-refractivity contribution in [3.8, 4) is 0 Å². The number of nitrogens with two attached hydrogens (primary N) is 1. The van der Waals surface area contributed by atoms with Gasteiger partial charge in [-0.1, -0.05) is 20.3 Å². The summed E-state index contributed by atoms with van der Waals surface area (Å²) in [6.45, 7) is 6.34. The number of aliphatic carboxylic acids is 1. The predicted octanol–water partition coefficient (Wildman–Crippen LogP) is -1.19. The summed E-state index contributed by atoms with van der Waals surface area (Å²) in [5.74, 6) is -2.72. The van der Waals surface area contributed by atoms with Gasteiger partial charge in [-0.15, -0.1) is 0 Å². The van der Waals surface area contributed by atoms with Crippen LogP contribution in [-0.2, 0) is 14.4 Å². The third-order valence-corrected chi connectivity index (χ3v) is 3.25. The van der Waals surface area contributed by atoms with Gasteiger partial charge in [-0.05, 0) is 19.8 Å². The SMILES string of the molecule is CCC(C)C(NC(=O)C(C)N)C(=O)NC(C(=O)O)C(C)O. The molecule has 2 amide bonds. The number of hydrogen-bond donors (Lipinski definition) is 5. The number of aliphatic hydroxyl groups excluding tert-OH is 1. The van der Waals surface area contributed by atoms with Crippen molar-refractivity contribution < 1.29 is 24.6 Å². The number of hydrogen-bond acceptors (Lipinski definition) is 5. The summed E-state index contributed by atoms with van der Waals surface area (Å²) in [5, 5.41) is 23.1. The van der Waals surface area contributed by atoms with Crippen LogP contribution in [0.2, 0.25) is 0 Å². The van der Waals surface area contributed by atoms with Crippen LogP contribution < -0.4 is 16.4 Å². The van der Waals surface area contributed by atoms with Crippen molar-refractivity contribution in [2.75, 3.05) is 0 Å². The molecule has 0 heterocycles. The molecule has 0 fully saturated rings. The van der Waals surface area contributed by atoms with Crippen LogP contribution in [0.5, 0.6) is 0 Å². The van der Waals surface area contributed by atoms with Crippen molar-refractivity contribution in [3.63, 3.8) is 0 Å². The van der Waals surface area contributed by atoms with Crippen molar-refractivity contribution in [3.05, 3.63) is 0 Å². The van der Waals surface area contributed by atoms with E-state index in [2.05, 4.69) is 10.6 Å². The van der Waals surface area contributed by atoms with Crippen LogP contribution in [0.4, 0.5) is 0 Å². The summed E-state index contributed by atoms with van der Waals surface area (Å²) in [7, 11) is 0. The molecule has 0 rings (SSSR count). The Labute approximate surface area is 124 Å². The zero-order chi connectivity index (χ0) is 16.7. The zero-order valence-corrected chi connectivity index (χ0v) is 12.8. The Balaban J connectivity index is 5.03. The molecular weight excluding hydrogens is 278 g/mol. The maximum atomic E-state index is 12.2. The summed E-state index contributed by atoms with van der Waals surface area (Å²) >= 11 is 0. The van der Waals surface area contributed by atoms with Crippen molar-refractivity contribution in [1.29, 1.82) is 0 Å². The number of aliphatic hydroxyl groups is 1. The van der Waals surface area contributed by atoms with Gasteiger partial charge in [-0.3, -0.25) is 9.59 Å². The Kier molecular flexibility index (Phi) is 7.90. The quantitative estimate of drug-likeness (QED) is 0.382. The molecule has 0 saturated carbocycles. The summed E-state index contributed by atoms with van der Waals surface area (Å²) in [4.78, 5) is 34.8. The monoisotopic (exact) mass is 303 g/mol. The minimum Gasteiger partial charge on any atom is -0.480 e. The minimum atomic E-state index is -1.43. The van der Waals surface area contributed by atoms with Crippen molar-refractivity contribution >= 4 is 17.8 Å². The fourth-order valence-corrected chi connectivity index (χ4v) is 1.62. The van der Waals surface area contributed by atoms with Crippen LogP contribution in [-0.4, -0.2) is 52.2 Å². The topological polar surface area (TPSA) is 142 Å². The molecule has 21 heavy (non-hydrogen) atoms. The lowest BCUT2D eigenvalue weighted by Crippen LogP contribution is -2.58. The number of carboxylic acid groups (broad SMARTS) is 1. The van der Waals surface area contributed by atoms with E-state index in [0.717, 1.165) is 0 Å². The lowest BCUT2D eigenvalue weighted by atomic mass is 9.97. The highest BCUT2D eigenvalue weighted by Gasteiger charge is 2.32. The first kappa shape index (κ1) is 19.3. The first-order chi connectivity index (χ1) is 9.61. The van der Waals surface area contributed by atoms with Crippen molar-refractivity contribution in [1.82, 2.24) is 10.6 Å². The zero-order valence-electron chi connectivity index (χ0n) is 12.8. The Bertz CT molecular complexity index is 384. The Morgan fingerprint density at radius 2 is 1.52 bits per heavy atom. The number of amides is 2. The molecule has 8 nitrogen and oxygen atoms in total. The van der Waals surface area contributed by atoms with E-state index in [1.54, 1.807) is 6.92 Å². The third kappa shape index (κ3) is 6.09. The summed E-state index contributed by atoms with van der Waals surface area (Å²) in [6.07, 6.45) is -0.655. The average Bonchev–Trinajstić information content (AvgIpc) is 2.39. The average molecular weight is 303 g/mol. The largest absolute Gasteiger partial charge is 0.480 e. The normalized spacial score (nSPS) is 18.0. The van der Waals surface area contributed by atoms with Gasteiger partial charge in [0.2, 0.25) is 11.8 Å². The highest BCUT2D eigenvalue weighted by Crippen LogP contribution is 2.09. The molecule has 5 atom stereocenters. The molecule has 0 radical (unpaired) electrons. The van der Waals surface area contributed by atoms with E-state index < -0.39 is 42.0 Å². The Hall–Kier alpha value is -1.67. The second-order valence-electron chi connectivity index (χ2n) is 5.23. The Morgan fingerprint density at radius 3 is 1.86 bits per heavy atom. The first-order valence-electron chi connectivity index (χ1n) is 6.88. The molecule has 122 valence electrons. The molecule has 0 aromatic heterocycles. The molecule has 0 saturated heterocycles. The van der Waals surface area contributed by atoms with Crippen molar-refractivity contribution in [2.45, 2.75) is 58.3 Å². The van der Waals surface area contributed by atoms with Crippen LogP contribution in [0.3, 0.4) is 0 Å². The minimum absolute atomic E-state index is 0.212. The standard InChI is InChI=1S/C13H25N3O5/c1-5-6(2)9(15-11(18)7(3)14)12(19)16-10(8(4)17)13(20)21/h6-10,17H,5,14H2,1-4H3,(H,15,18)(H,16,19)(H,20,21). The highest BCUT2D eigenvalue weighted by molar-refractivity contribution is 5.91. The molecule has 0 aromatic carbocycles. The maximum Gasteiger partial charge on any atom is 0.328 e. The number of carbonyl (C=O) groups is 3. The van der Waals surface area contributed by atoms with Gasteiger partial charge >= 0.3 is 5.97 Å². The molecule has 5 unspecified atom stereocenters. The van der Waals surface area contributed by atoms with E-state index in [1.165, 1.54) is 13.8 Å². The van der Waals surface area contributed by atoms with E-state index in [-0.39, 0.29) is 5.92 Å². The van der Waals surface area contributed by atoms with Gasteiger partial charge in [0.25, 0.3) is 0 Å². The van der Waals surface area contributed by atoms with Gasteiger partial charge in [0.15, 0.2) is 6.04 Å². The summed E-state index contributed by atoms with van der Waals surface area (Å²) in [6, 6.07) is -3.12. The van der Waals surface area contributed by atoms with Gasteiger partial charge in [-0.25, -0.2) is 4.79 Å². The molecule has 0 bridgehead atoms. The molecule has 0 spiro atoms. The molecule has 0 aromatic rings. The molecular formula is C13H25N3O5. The predicted molar refractivity (Wildman–Crippen MR) is 76.3 cm³/mol. The summed E-state index contributed by atoms with van der Waals surface area (Å²) < 4.78 is 0. The fourth-order valence-electron chi connectivity index (χ4n) is 1.62. The van der Waals surface area contributed by atoms with Crippen molar-refractivity contribution in [2.24, 2.45) is 11.7 Å². The highest BCUT2D eigenvalue weighted by atomic mass is 16.4. The summed E-state index contributed by atoms with van der Waals surface area (Å²) in [5.41, 5.74) is 5.45. The van der Waals surface area contributed by atoms with Crippen LogP contribution >= 0.6 is 0 Å². The van der Waals surface area contributed by atoms with E-state index in [9.17, 15) is 19.5 Å². The molecule has 0 aliphatic carbocycles. The third-order valence-electron chi connectivity index (χ3n) is 3.25. The second-order valence-corrected chi connectivity index (χ2v) is 5.23. The lowest BCUT2D eigenvalue weighted by Gasteiger charge is -2.26. The number of nitrogens with one attached hydrogen (secondary N) is 2. The number of carboxylic acids is 1. The fraction of sp³-hybridized carbons (Fsp3) is 0.769. The smallest absolute Gasteiger partial charge is 0.328 e. The molecule has 0 aliphatic heterocycles. The lowest BCUT2D eigenvalue weighted by molar-refractivity contribution is -0.145. The van der Waals surface area contributed by atoms with E-state index in [0.29, 0.717) is 6.42 Å². The second kappa shape index (κ2) is 8.58. The van der Waals surface area contributed by atoms with Crippen LogP contribution in [0.1, 0.15) is 34.1 Å². The Morgan fingerprint density at radius 1 is 1.05 bits per heavy atom. The van der Waals surface area contributed by atoms with Crippen LogP contribution in [0.25, 0.3) is 0 Å². The van der Waals surface area contributed by atoms with Gasteiger partial charge in [-0.2, -0.15) is 0 Å². The number of rotatable bonds is 8. The molecule has 0 aliphatic rings. The van der Waals surface area contributed by atoms with Crippen LogP contribution in [0, 0.1) is 5.92 Å². The van der Waals surface area contributed by atoms with E-state index in [1.807, 2.05) is 6.92 Å². The van der Waals surface area contributed by atoms with Gasteiger partial charge in [0.05, 0.1) is 12.1 Å². The van der Waals surface area contributed by atoms with Gasteiger partial charge in [0.1, 0.15) is 6.04 Å². The maximum absolute atomic E-state index is 12.2. The van der Waals surface area contributed by atoms with Gasteiger partial charge in [0, 0.05) is 0 Å². The van der Waals surface area contributed by atoms with Crippen LogP contribution in [0.15, 0.2) is 0 Å². The molecule has 8 heteroatoms. The van der Waals surface area contributed by atoms with E-state index >= 15 is 0 Å². The van der Waals surface area contributed by atoms with Gasteiger partial charge < -0.3 is 26.6 Å². The first-order valence-corrected chi connectivity index (χ1v) is 6.88.